The van der Waals surface area contributed by atoms with E-state index in [0.717, 1.165) is 24.3 Å². The normalized spacial score (nSPS) is 10.6. The summed E-state index contributed by atoms with van der Waals surface area (Å²) in [6.07, 6.45) is 4.96. The van der Waals surface area contributed by atoms with Crippen molar-refractivity contribution in [2.45, 2.75) is 39.2 Å². The summed E-state index contributed by atoms with van der Waals surface area (Å²) in [6.45, 7) is 4.79. The molecule has 0 radical (unpaired) electrons. The van der Waals surface area contributed by atoms with Crippen LogP contribution in [0, 0.1) is 0 Å². The quantitative estimate of drug-likeness (QED) is 0.650. The van der Waals surface area contributed by atoms with E-state index in [9.17, 15) is 0 Å². The molecule has 0 fully saturated rings. The van der Waals surface area contributed by atoms with Gasteiger partial charge < -0.3 is 15.2 Å². The first kappa shape index (κ1) is 15.0. The molecular formula is C15H25NO2. The Balaban J connectivity index is 2.07. The molecule has 0 unspecified atom stereocenters. The molecule has 0 aliphatic carbocycles. The molecular weight excluding hydrogens is 226 g/mol. The van der Waals surface area contributed by atoms with Crippen LogP contribution in [0.15, 0.2) is 24.3 Å². The van der Waals surface area contributed by atoms with Gasteiger partial charge in [-0.05, 0) is 12.5 Å². The molecule has 0 aliphatic heterocycles. The molecule has 3 nitrogen and oxygen atoms in total. The second kappa shape index (κ2) is 9.92. The highest BCUT2D eigenvalue weighted by Crippen LogP contribution is 2.16. The first-order chi connectivity index (χ1) is 8.88. The van der Waals surface area contributed by atoms with Crippen molar-refractivity contribution in [2.75, 3.05) is 19.8 Å². The average molecular weight is 251 g/mol. The SMILES string of the molecule is CCCCCCOCCOc1ccccc1CN. The van der Waals surface area contributed by atoms with Crippen molar-refractivity contribution < 1.29 is 9.47 Å². The van der Waals surface area contributed by atoms with Crippen LogP contribution in [-0.2, 0) is 11.3 Å². The molecule has 2 N–H and O–H groups in total. The van der Waals surface area contributed by atoms with Gasteiger partial charge in [-0.1, -0.05) is 44.4 Å². The van der Waals surface area contributed by atoms with Crippen LogP contribution in [0.4, 0.5) is 0 Å². The van der Waals surface area contributed by atoms with Crippen molar-refractivity contribution in [3.63, 3.8) is 0 Å². The summed E-state index contributed by atoms with van der Waals surface area (Å²) in [5.74, 6) is 0.870. The first-order valence-electron chi connectivity index (χ1n) is 6.87. The number of unbranched alkanes of at least 4 members (excludes halogenated alkanes) is 3. The Bertz CT molecular complexity index is 315. The van der Waals surface area contributed by atoms with E-state index in [1.54, 1.807) is 0 Å². The van der Waals surface area contributed by atoms with Crippen LogP contribution < -0.4 is 10.5 Å². The Morgan fingerprint density at radius 3 is 2.61 bits per heavy atom. The van der Waals surface area contributed by atoms with Gasteiger partial charge in [0, 0.05) is 18.7 Å². The number of hydrogen-bond acceptors (Lipinski definition) is 3. The fourth-order valence-corrected chi connectivity index (χ4v) is 1.76. The summed E-state index contributed by atoms with van der Waals surface area (Å²) in [6, 6.07) is 7.86. The van der Waals surface area contributed by atoms with Crippen LogP contribution in [0.5, 0.6) is 5.75 Å². The highest BCUT2D eigenvalue weighted by molar-refractivity contribution is 5.32. The molecule has 0 aromatic heterocycles. The van der Waals surface area contributed by atoms with Gasteiger partial charge in [-0.2, -0.15) is 0 Å². The fraction of sp³-hybridized carbons (Fsp3) is 0.600. The second-order valence-corrected chi connectivity index (χ2v) is 4.33. The van der Waals surface area contributed by atoms with Gasteiger partial charge in [-0.25, -0.2) is 0 Å². The lowest BCUT2D eigenvalue weighted by atomic mass is 10.2. The molecule has 0 amide bonds. The van der Waals surface area contributed by atoms with E-state index in [2.05, 4.69) is 6.92 Å². The third-order valence-electron chi connectivity index (χ3n) is 2.82. The maximum atomic E-state index is 5.65. The minimum absolute atomic E-state index is 0.508. The predicted octanol–water partition coefficient (Wildman–Crippen LogP) is 3.12. The Hall–Kier alpha value is -1.06. The third kappa shape index (κ3) is 6.03. The number of benzene rings is 1. The molecule has 0 spiro atoms. The number of nitrogens with two attached hydrogens (primary N) is 1. The molecule has 0 bridgehead atoms. The highest BCUT2D eigenvalue weighted by atomic mass is 16.5. The van der Waals surface area contributed by atoms with E-state index in [1.807, 2.05) is 24.3 Å². The van der Waals surface area contributed by atoms with Crippen molar-refractivity contribution in [3.8, 4) is 5.75 Å². The zero-order valence-electron chi connectivity index (χ0n) is 11.4. The molecule has 1 aromatic rings. The molecule has 0 aliphatic rings. The third-order valence-corrected chi connectivity index (χ3v) is 2.82. The number of hydrogen-bond donors (Lipinski definition) is 1. The largest absolute Gasteiger partial charge is 0.491 e. The van der Waals surface area contributed by atoms with Crippen LogP contribution in [0.2, 0.25) is 0 Å². The number of para-hydroxylation sites is 1. The molecule has 0 heterocycles. The van der Waals surface area contributed by atoms with E-state index >= 15 is 0 Å². The minimum atomic E-state index is 0.508. The molecule has 0 saturated heterocycles. The molecule has 0 atom stereocenters. The van der Waals surface area contributed by atoms with Gasteiger partial charge in [0.15, 0.2) is 0 Å². The van der Waals surface area contributed by atoms with E-state index in [1.165, 1.54) is 19.3 Å². The van der Waals surface area contributed by atoms with Crippen LogP contribution in [0.25, 0.3) is 0 Å². The topological polar surface area (TPSA) is 44.5 Å². The van der Waals surface area contributed by atoms with Crippen LogP contribution in [-0.4, -0.2) is 19.8 Å². The van der Waals surface area contributed by atoms with Gasteiger partial charge in [-0.3, -0.25) is 0 Å². The average Bonchev–Trinajstić information content (AvgIpc) is 2.42. The van der Waals surface area contributed by atoms with Crippen LogP contribution >= 0.6 is 0 Å². The summed E-state index contributed by atoms with van der Waals surface area (Å²) < 4.78 is 11.2. The molecule has 102 valence electrons. The summed E-state index contributed by atoms with van der Waals surface area (Å²) in [5, 5.41) is 0. The molecule has 0 saturated carbocycles. The van der Waals surface area contributed by atoms with Gasteiger partial charge in [0.2, 0.25) is 0 Å². The minimum Gasteiger partial charge on any atom is -0.491 e. The molecule has 3 heteroatoms. The van der Waals surface area contributed by atoms with Crippen LogP contribution in [0.3, 0.4) is 0 Å². The Kier molecular flexibility index (Phi) is 8.26. The molecule has 18 heavy (non-hydrogen) atoms. The monoisotopic (exact) mass is 251 g/mol. The van der Waals surface area contributed by atoms with Gasteiger partial charge in [0.1, 0.15) is 12.4 Å². The maximum Gasteiger partial charge on any atom is 0.123 e. The Labute approximate surface area is 110 Å². The maximum absolute atomic E-state index is 5.65. The highest BCUT2D eigenvalue weighted by Gasteiger charge is 2.00. The number of rotatable bonds is 10. The van der Waals surface area contributed by atoms with Gasteiger partial charge in [0.25, 0.3) is 0 Å². The standard InChI is InChI=1S/C15H25NO2/c1-2-3-4-7-10-17-11-12-18-15-9-6-5-8-14(15)13-16/h5-6,8-9H,2-4,7,10-13,16H2,1H3. The van der Waals surface area contributed by atoms with E-state index in [0.29, 0.717) is 19.8 Å². The predicted molar refractivity (Wildman–Crippen MR) is 74.8 cm³/mol. The zero-order chi connectivity index (χ0) is 13.1. The van der Waals surface area contributed by atoms with Crippen LogP contribution in [0.1, 0.15) is 38.2 Å². The second-order valence-electron chi connectivity index (χ2n) is 4.33. The molecule has 1 rings (SSSR count). The molecule has 1 aromatic carbocycles. The Morgan fingerprint density at radius 2 is 1.83 bits per heavy atom. The lowest BCUT2D eigenvalue weighted by molar-refractivity contribution is 0.0968. The smallest absolute Gasteiger partial charge is 0.123 e. The zero-order valence-corrected chi connectivity index (χ0v) is 11.4. The summed E-state index contributed by atoms with van der Waals surface area (Å²) in [7, 11) is 0. The van der Waals surface area contributed by atoms with Gasteiger partial charge in [-0.15, -0.1) is 0 Å². The van der Waals surface area contributed by atoms with E-state index < -0.39 is 0 Å². The first-order valence-corrected chi connectivity index (χ1v) is 6.87. The van der Waals surface area contributed by atoms with E-state index in [4.69, 9.17) is 15.2 Å². The van der Waals surface area contributed by atoms with Crippen molar-refractivity contribution in [1.29, 1.82) is 0 Å². The van der Waals surface area contributed by atoms with Crippen molar-refractivity contribution >= 4 is 0 Å². The summed E-state index contributed by atoms with van der Waals surface area (Å²) >= 11 is 0. The lowest BCUT2D eigenvalue weighted by Crippen LogP contribution is -2.09. The van der Waals surface area contributed by atoms with Crippen molar-refractivity contribution in [1.82, 2.24) is 0 Å². The summed E-state index contributed by atoms with van der Waals surface area (Å²) in [5.41, 5.74) is 6.68. The number of ether oxygens (including phenoxy) is 2. The Morgan fingerprint density at radius 1 is 1.00 bits per heavy atom. The van der Waals surface area contributed by atoms with Crippen molar-refractivity contribution in [2.24, 2.45) is 5.73 Å². The lowest BCUT2D eigenvalue weighted by Gasteiger charge is -2.10. The van der Waals surface area contributed by atoms with Gasteiger partial charge >= 0.3 is 0 Å². The summed E-state index contributed by atoms with van der Waals surface area (Å²) in [4.78, 5) is 0. The van der Waals surface area contributed by atoms with Gasteiger partial charge in [0.05, 0.1) is 6.61 Å². The van der Waals surface area contributed by atoms with Crippen molar-refractivity contribution in [3.05, 3.63) is 29.8 Å². The fourth-order valence-electron chi connectivity index (χ4n) is 1.76. The van der Waals surface area contributed by atoms with E-state index in [-0.39, 0.29) is 0 Å².